The number of aryl methyl sites for hydroxylation is 1. The van der Waals surface area contributed by atoms with Crippen LogP contribution in [0.1, 0.15) is 22.8 Å². The van der Waals surface area contributed by atoms with E-state index in [-0.39, 0.29) is 5.78 Å². The van der Waals surface area contributed by atoms with Crippen LogP contribution in [0, 0.1) is 6.92 Å². The highest BCUT2D eigenvalue weighted by molar-refractivity contribution is 6.33. The lowest BCUT2D eigenvalue weighted by Crippen LogP contribution is -2.09. The molecule has 19 heavy (non-hydrogen) atoms. The molecule has 0 saturated carbocycles. The van der Waals surface area contributed by atoms with Gasteiger partial charge in [-0.3, -0.25) is 4.79 Å². The zero-order valence-electron chi connectivity index (χ0n) is 10.9. The van der Waals surface area contributed by atoms with Crippen molar-refractivity contribution in [3.05, 3.63) is 59.7 Å². The molecule has 1 unspecified atom stereocenters. The minimum atomic E-state index is -0.511. The Balaban J connectivity index is 2.13. The first-order valence-corrected chi connectivity index (χ1v) is 6.53. The molecule has 0 radical (unpaired) electrons. The molecule has 0 N–H and O–H groups in total. The largest absolute Gasteiger partial charge is 0.457 e. The van der Waals surface area contributed by atoms with Crippen LogP contribution < -0.4 is 4.74 Å². The van der Waals surface area contributed by atoms with Crippen molar-refractivity contribution >= 4 is 17.4 Å². The van der Waals surface area contributed by atoms with Crippen LogP contribution in [0.25, 0.3) is 0 Å². The van der Waals surface area contributed by atoms with E-state index in [9.17, 15) is 4.79 Å². The molecule has 2 aromatic carbocycles. The fourth-order valence-electron chi connectivity index (χ4n) is 1.73. The SMILES string of the molecule is Cc1cccc(Oc2ccc(C(=O)C(C)Cl)cc2)c1. The van der Waals surface area contributed by atoms with E-state index in [0.29, 0.717) is 11.3 Å². The predicted molar refractivity (Wildman–Crippen MR) is 77.3 cm³/mol. The average Bonchev–Trinajstić information content (AvgIpc) is 2.39. The highest BCUT2D eigenvalue weighted by atomic mass is 35.5. The Bertz CT molecular complexity index is 574. The standard InChI is InChI=1S/C16H15ClO2/c1-11-4-3-5-15(10-11)19-14-8-6-13(7-9-14)16(18)12(2)17/h3-10,12H,1-2H3. The topological polar surface area (TPSA) is 26.3 Å². The molecule has 2 rings (SSSR count). The number of alkyl halides is 1. The van der Waals surface area contributed by atoms with Gasteiger partial charge in [0.2, 0.25) is 0 Å². The van der Waals surface area contributed by atoms with Crippen LogP contribution in [0.4, 0.5) is 0 Å². The van der Waals surface area contributed by atoms with Crippen molar-refractivity contribution in [2.45, 2.75) is 19.2 Å². The molecule has 3 heteroatoms. The highest BCUT2D eigenvalue weighted by Gasteiger charge is 2.11. The second-order valence-corrected chi connectivity index (χ2v) is 5.08. The first-order chi connectivity index (χ1) is 9.06. The molecule has 0 aliphatic rings. The molecule has 0 amide bonds. The molecule has 2 nitrogen and oxygen atoms in total. The van der Waals surface area contributed by atoms with Crippen molar-refractivity contribution < 1.29 is 9.53 Å². The van der Waals surface area contributed by atoms with Gasteiger partial charge in [0.05, 0.1) is 5.38 Å². The third-order valence-electron chi connectivity index (χ3n) is 2.73. The van der Waals surface area contributed by atoms with Gasteiger partial charge < -0.3 is 4.74 Å². The van der Waals surface area contributed by atoms with Gasteiger partial charge in [0, 0.05) is 5.56 Å². The lowest BCUT2D eigenvalue weighted by Gasteiger charge is -2.07. The summed E-state index contributed by atoms with van der Waals surface area (Å²) in [5, 5.41) is -0.511. The molecule has 1 atom stereocenters. The summed E-state index contributed by atoms with van der Waals surface area (Å²) < 4.78 is 5.71. The number of ketones is 1. The minimum absolute atomic E-state index is 0.0798. The molecule has 98 valence electrons. The van der Waals surface area contributed by atoms with Crippen molar-refractivity contribution in [3.63, 3.8) is 0 Å². The second kappa shape index (κ2) is 5.89. The van der Waals surface area contributed by atoms with Crippen molar-refractivity contribution in [2.24, 2.45) is 0 Å². The van der Waals surface area contributed by atoms with Crippen LogP contribution in [-0.4, -0.2) is 11.2 Å². The van der Waals surface area contributed by atoms with Crippen LogP contribution in [0.2, 0.25) is 0 Å². The molecule has 0 spiro atoms. The number of Topliss-reactive ketones (excluding diaryl/α,β-unsaturated/α-hetero) is 1. The van der Waals surface area contributed by atoms with E-state index in [4.69, 9.17) is 16.3 Å². The Morgan fingerprint density at radius 1 is 1.11 bits per heavy atom. The van der Waals surface area contributed by atoms with E-state index in [2.05, 4.69) is 0 Å². The fraction of sp³-hybridized carbons (Fsp3) is 0.188. The first-order valence-electron chi connectivity index (χ1n) is 6.09. The number of carbonyl (C=O) groups excluding carboxylic acids is 1. The fourth-order valence-corrected chi connectivity index (χ4v) is 1.86. The summed E-state index contributed by atoms with van der Waals surface area (Å²) in [6.07, 6.45) is 0. The van der Waals surface area contributed by atoms with E-state index in [1.165, 1.54) is 0 Å². The van der Waals surface area contributed by atoms with Crippen molar-refractivity contribution in [2.75, 3.05) is 0 Å². The predicted octanol–water partition coefficient (Wildman–Crippen LogP) is 4.60. The summed E-state index contributed by atoms with van der Waals surface area (Å²) in [4.78, 5) is 11.7. The molecule has 0 aliphatic carbocycles. The monoisotopic (exact) mass is 274 g/mol. The van der Waals surface area contributed by atoms with Crippen molar-refractivity contribution in [1.29, 1.82) is 0 Å². The zero-order valence-corrected chi connectivity index (χ0v) is 11.6. The van der Waals surface area contributed by atoms with Gasteiger partial charge in [-0.05, 0) is 55.8 Å². The lowest BCUT2D eigenvalue weighted by molar-refractivity contribution is 0.0992. The van der Waals surface area contributed by atoms with E-state index in [0.717, 1.165) is 11.3 Å². The van der Waals surface area contributed by atoms with Crippen molar-refractivity contribution in [1.82, 2.24) is 0 Å². The molecular formula is C16H15ClO2. The minimum Gasteiger partial charge on any atom is -0.457 e. The summed E-state index contributed by atoms with van der Waals surface area (Å²) in [7, 11) is 0. The van der Waals surface area contributed by atoms with Crippen LogP contribution >= 0.6 is 11.6 Å². The first kappa shape index (κ1) is 13.6. The Kier molecular flexibility index (Phi) is 4.23. The van der Waals surface area contributed by atoms with Gasteiger partial charge in [0.25, 0.3) is 0 Å². The van der Waals surface area contributed by atoms with Gasteiger partial charge in [-0.15, -0.1) is 11.6 Å². The zero-order chi connectivity index (χ0) is 13.8. The van der Waals surface area contributed by atoms with Crippen LogP contribution in [0.15, 0.2) is 48.5 Å². The number of rotatable bonds is 4. The summed E-state index contributed by atoms with van der Waals surface area (Å²) in [6.45, 7) is 3.68. The Morgan fingerprint density at radius 3 is 2.37 bits per heavy atom. The summed E-state index contributed by atoms with van der Waals surface area (Å²) in [6, 6.07) is 14.8. The molecule has 0 aliphatic heterocycles. The Hall–Kier alpha value is -1.80. The summed E-state index contributed by atoms with van der Waals surface area (Å²) in [5.41, 5.74) is 1.74. The van der Waals surface area contributed by atoms with E-state index >= 15 is 0 Å². The molecule has 0 fully saturated rings. The van der Waals surface area contributed by atoms with Crippen molar-refractivity contribution in [3.8, 4) is 11.5 Å². The smallest absolute Gasteiger partial charge is 0.180 e. The van der Waals surface area contributed by atoms with Gasteiger partial charge in [-0.1, -0.05) is 12.1 Å². The third kappa shape index (κ3) is 3.58. The Labute approximate surface area is 118 Å². The third-order valence-corrected chi connectivity index (χ3v) is 2.92. The quantitative estimate of drug-likeness (QED) is 0.602. The van der Waals surface area contributed by atoms with Crippen LogP contribution in [0.5, 0.6) is 11.5 Å². The molecule has 0 aromatic heterocycles. The Morgan fingerprint density at radius 2 is 1.79 bits per heavy atom. The maximum Gasteiger partial charge on any atom is 0.180 e. The number of benzene rings is 2. The molecular weight excluding hydrogens is 260 g/mol. The van der Waals surface area contributed by atoms with Gasteiger partial charge in [-0.25, -0.2) is 0 Å². The number of ether oxygens (including phenoxy) is 1. The second-order valence-electron chi connectivity index (χ2n) is 4.42. The van der Waals surface area contributed by atoms with Crippen LogP contribution in [0.3, 0.4) is 0 Å². The van der Waals surface area contributed by atoms with Gasteiger partial charge >= 0.3 is 0 Å². The normalized spacial score (nSPS) is 11.9. The number of carbonyl (C=O) groups is 1. The van der Waals surface area contributed by atoms with E-state index < -0.39 is 5.38 Å². The van der Waals surface area contributed by atoms with Gasteiger partial charge in [0.15, 0.2) is 5.78 Å². The summed E-state index contributed by atoms with van der Waals surface area (Å²) >= 11 is 5.77. The van der Waals surface area contributed by atoms with Gasteiger partial charge in [0.1, 0.15) is 11.5 Å². The average molecular weight is 275 g/mol. The number of hydrogen-bond acceptors (Lipinski definition) is 2. The number of halogens is 1. The molecule has 0 heterocycles. The lowest BCUT2D eigenvalue weighted by atomic mass is 10.1. The molecule has 2 aromatic rings. The van der Waals surface area contributed by atoms with Gasteiger partial charge in [-0.2, -0.15) is 0 Å². The molecule has 0 saturated heterocycles. The van der Waals surface area contributed by atoms with Crippen LogP contribution in [-0.2, 0) is 0 Å². The number of hydrogen-bond donors (Lipinski definition) is 0. The maximum atomic E-state index is 11.7. The summed E-state index contributed by atoms with van der Waals surface area (Å²) in [5.74, 6) is 1.40. The highest BCUT2D eigenvalue weighted by Crippen LogP contribution is 2.23. The van der Waals surface area contributed by atoms with E-state index in [1.807, 2.05) is 31.2 Å². The van der Waals surface area contributed by atoms with E-state index in [1.54, 1.807) is 31.2 Å². The maximum absolute atomic E-state index is 11.7. The molecule has 0 bridgehead atoms.